The normalized spacial score (nSPS) is 19.2. The standard InChI is InChI=1S/C13H22N2O/c1-3-5-11-6-8-15(9-7-11)13(16)12(4-2)10-14/h11-12H,3-9H2,1-2H3. The minimum absolute atomic E-state index is 0.0416. The first-order chi connectivity index (χ1) is 7.72. The van der Waals surface area contributed by atoms with E-state index < -0.39 is 5.92 Å². The number of hydrogen-bond donors (Lipinski definition) is 0. The second-order valence-corrected chi connectivity index (χ2v) is 4.65. The number of rotatable bonds is 4. The molecule has 0 bridgehead atoms. The first-order valence-electron chi connectivity index (χ1n) is 6.41. The van der Waals surface area contributed by atoms with Crippen LogP contribution in [0.4, 0.5) is 0 Å². The van der Waals surface area contributed by atoms with Crippen LogP contribution in [0, 0.1) is 23.2 Å². The van der Waals surface area contributed by atoms with Crippen molar-refractivity contribution in [3.8, 4) is 6.07 Å². The van der Waals surface area contributed by atoms with Gasteiger partial charge in [-0.1, -0.05) is 26.7 Å². The molecular formula is C13H22N2O. The molecule has 1 unspecified atom stereocenters. The molecule has 3 nitrogen and oxygen atoms in total. The second kappa shape index (κ2) is 6.52. The molecule has 0 N–H and O–H groups in total. The monoisotopic (exact) mass is 222 g/mol. The zero-order valence-electron chi connectivity index (χ0n) is 10.4. The van der Waals surface area contributed by atoms with Crippen LogP contribution in [-0.2, 0) is 4.79 Å². The maximum absolute atomic E-state index is 11.9. The van der Waals surface area contributed by atoms with Gasteiger partial charge in [0.1, 0.15) is 5.92 Å². The predicted molar refractivity (Wildman–Crippen MR) is 63.6 cm³/mol. The van der Waals surface area contributed by atoms with Gasteiger partial charge in [-0.2, -0.15) is 5.26 Å². The van der Waals surface area contributed by atoms with Gasteiger partial charge >= 0.3 is 0 Å². The van der Waals surface area contributed by atoms with E-state index in [9.17, 15) is 4.79 Å². The van der Waals surface area contributed by atoms with E-state index in [1.165, 1.54) is 12.8 Å². The van der Waals surface area contributed by atoms with Crippen molar-refractivity contribution in [1.82, 2.24) is 4.90 Å². The lowest BCUT2D eigenvalue weighted by molar-refractivity contribution is -0.135. The number of hydrogen-bond acceptors (Lipinski definition) is 2. The highest BCUT2D eigenvalue weighted by Gasteiger charge is 2.26. The Hall–Kier alpha value is -1.04. The van der Waals surface area contributed by atoms with Crippen molar-refractivity contribution in [3.05, 3.63) is 0 Å². The molecule has 1 aliphatic heterocycles. The molecule has 0 aliphatic carbocycles. The van der Waals surface area contributed by atoms with Gasteiger partial charge < -0.3 is 4.90 Å². The molecule has 0 aromatic carbocycles. The van der Waals surface area contributed by atoms with Crippen molar-refractivity contribution in [3.63, 3.8) is 0 Å². The molecule has 1 fully saturated rings. The summed E-state index contributed by atoms with van der Waals surface area (Å²) in [6.45, 7) is 5.80. The van der Waals surface area contributed by atoms with Gasteiger partial charge in [-0.25, -0.2) is 0 Å². The minimum atomic E-state index is -0.428. The van der Waals surface area contributed by atoms with Crippen molar-refractivity contribution >= 4 is 5.91 Å². The summed E-state index contributed by atoms with van der Waals surface area (Å²) in [5.41, 5.74) is 0. The Morgan fingerprint density at radius 3 is 2.50 bits per heavy atom. The van der Waals surface area contributed by atoms with E-state index in [1.807, 2.05) is 11.8 Å². The highest BCUT2D eigenvalue weighted by atomic mass is 16.2. The van der Waals surface area contributed by atoms with Crippen LogP contribution >= 0.6 is 0 Å². The van der Waals surface area contributed by atoms with Gasteiger partial charge in [0.25, 0.3) is 0 Å². The quantitative estimate of drug-likeness (QED) is 0.733. The van der Waals surface area contributed by atoms with Crippen LogP contribution in [-0.4, -0.2) is 23.9 Å². The molecule has 1 saturated heterocycles. The van der Waals surface area contributed by atoms with Gasteiger partial charge in [0, 0.05) is 13.1 Å². The largest absolute Gasteiger partial charge is 0.342 e. The van der Waals surface area contributed by atoms with Crippen molar-refractivity contribution in [2.75, 3.05) is 13.1 Å². The molecule has 1 rings (SSSR count). The van der Waals surface area contributed by atoms with Crippen molar-refractivity contribution in [1.29, 1.82) is 5.26 Å². The van der Waals surface area contributed by atoms with Gasteiger partial charge in [-0.3, -0.25) is 4.79 Å². The SMILES string of the molecule is CCCC1CCN(C(=O)C(C#N)CC)CC1. The first kappa shape index (κ1) is 13.0. The number of nitriles is 1. The van der Waals surface area contributed by atoms with Crippen molar-refractivity contribution < 1.29 is 4.79 Å². The third-order valence-electron chi connectivity index (χ3n) is 3.49. The molecule has 3 heteroatoms. The summed E-state index contributed by atoms with van der Waals surface area (Å²) in [6.07, 6.45) is 5.36. The van der Waals surface area contributed by atoms with Gasteiger partial charge in [0.05, 0.1) is 6.07 Å². The maximum atomic E-state index is 11.9. The average molecular weight is 222 g/mol. The summed E-state index contributed by atoms with van der Waals surface area (Å²) < 4.78 is 0. The Labute approximate surface area is 98.4 Å². The zero-order valence-corrected chi connectivity index (χ0v) is 10.4. The van der Waals surface area contributed by atoms with E-state index in [0.29, 0.717) is 6.42 Å². The number of nitrogens with zero attached hydrogens (tertiary/aromatic N) is 2. The molecule has 1 heterocycles. The Balaban J connectivity index is 2.41. The number of piperidine rings is 1. The van der Waals surface area contributed by atoms with E-state index in [0.717, 1.165) is 31.8 Å². The van der Waals surface area contributed by atoms with Gasteiger partial charge in [-0.05, 0) is 25.2 Å². The zero-order chi connectivity index (χ0) is 12.0. The third kappa shape index (κ3) is 3.23. The molecular weight excluding hydrogens is 200 g/mol. The van der Waals surface area contributed by atoms with Crippen LogP contribution in [0.3, 0.4) is 0 Å². The Morgan fingerprint density at radius 1 is 1.44 bits per heavy atom. The van der Waals surface area contributed by atoms with Crippen LogP contribution < -0.4 is 0 Å². The molecule has 0 saturated carbocycles. The van der Waals surface area contributed by atoms with E-state index >= 15 is 0 Å². The van der Waals surface area contributed by atoms with Crippen LogP contribution in [0.1, 0.15) is 46.0 Å². The molecule has 0 radical (unpaired) electrons. The topological polar surface area (TPSA) is 44.1 Å². The smallest absolute Gasteiger partial charge is 0.239 e. The van der Waals surface area contributed by atoms with E-state index in [4.69, 9.17) is 5.26 Å². The lowest BCUT2D eigenvalue weighted by atomic mass is 9.92. The third-order valence-corrected chi connectivity index (χ3v) is 3.49. The van der Waals surface area contributed by atoms with Crippen molar-refractivity contribution in [2.24, 2.45) is 11.8 Å². The lowest BCUT2D eigenvalue weighted by Crippen LogP contribution is -2.41. The fraction of sp³-hybridized carbons (Fsp3) is 0.846. The van der Waals surface area contributed by atoms with E-state index in [2.05, 4.69) is 13.0 Å². The molecule has 0 aromatic heterocycles. The summed E-state index contributed by atoms with van der Waals surface area (Å²) in [5, 5.41) is 8.87. The average Bonchev–Trinajstić information content (AvgIpc) is 2.32. The fourth-order valence-electron chi connectivity index (χ4n) is 2.39. The van der Waals surface area contributed by atoms with Gasteiger partial charge in [-0.15, -0.1) is 0 Å². The first-order valence-corrected chi connectivity index (χ1v) is 6.41. The van der Waals surface area contributed by atoms with Gasteiger partial charge in [0.2, 0.25) is 5.91 Å². The second-order valence-electron chi connectivity index (χ2n) is 4.65. The van der Waals surface area contributed by atoms with E-state index in [-0.39, 0.29) is 5.91 Å². The maximum Gasteiger partial charge on any atom is 0.239 e. The lowest BCUT2D eigenvalue weighted by Gasteiger charge is -2.32. The summed E-state index contributed by atoms with van der Waals surface area (Å²) in [7, 11) is 0. The molecule has 0 spiro atoms. The predicted octanol–water partition coefficient (Wildman–Crippen LogP) is 2.57. The highest BCUT2D eigenvalue weighted by molar-refractivity contribution is 5.81. The summed E-state index contributed by atoms with van der Waals surface area (Å²) in [5.74, 6) is 0.402. The fourth-order valence-corrected chi connectivity index (χ4v) is 2.39. The van der Waals surface area contributed by atoms with Crippen LogP contribution in [0.15, 0.2) is 0 Å². The summed E-state index contributed by atoms with van der Waals surface area (Å²) in [6, 6.07) is 2.09. The molecule has 0 aromatic rings. The Kier molecular flexibility index (Phi) is 5.31. The molecule has 1 atom stereocenters. The number of carbonyl (C=O) groups is 1. The molecule has 90 valence electrons. The number of amides is 1. The Morgan fingerprint density at radius 2 is 2.06 bits per heavy atom. The number of likely N-dealkylation sites (tertiary alicyclic amines) is 1. The number of carbonyl (C=O) groups excluding carboxylic acids is 1. The molecule has 16 heavy (non-hydrogen) atoms. The van der Waals surface area contributed by atoms with E-state index in [1.54, 1.807) is 0 Å². The summed E-state index contributed by atoms with van der Waals surface area (Å²) in [4.78, 5) is 13.8. The van der Waals surface area contributed by atoms with Gasteiger partial charge in [0.15, 0.2) is 0 Å². The van der Waals surface area contributed by atoms with Crippen LogP contribution in [0.2, 0.25) is 0 Å². The molecule has 1 amide bonds. The highest BCUT2D eigenvalue weighted by Crippen LogP contribution is 2.23. The van der Waals surface area contributed by atoms with Crippen molar-refractivity contribution in [2.45, 2.75) is 46.0 Å². The Bertz CT molecular complexity index is 262. The van der Waals surface area contributed by atoms with Crippen LogP contribution in [0.25, 0.3) is 0 Å². The van der Waals surface area contributed by atoms with Crippen LogP contribution in [0.5, 0.6) is 0 Å². The molecule has 1 aliphatic rings. The minimum Gasteiger partial charge on any atom is -0.342 e. The summed E-state index contributed by atoms with van der Waals surface area (Å²) >= 11 is 0.